The van der Waals surface area contributed by atoms with Gasteiger partial charge in [-0.25, -0.2) is 13.7 Å². The lowest BCUT2D eigenvalue weighted by Gasteiger charge is -2.45. The number of likely N-dealkylation sites (tertiary alicyclic amines) is 2. The molecule has 1 aromatic heterocycles. The van der Waals surface area contributed by atoms with Crippen LogP contribution in [0.3, 0.4) is 0 Å². The van der Waals surface area contributed by atoms with Gasteiger partial charge in [0, 0.05) is 67.6 Å². The van der Waals surface area contributed by atoms with Crippen LogP contribution in [0.5, 0.6) is 0 Å². The third-order valence-electron chi connectivity index (χ3n) is 14.3. The summed E-state index contributed by atoms with van der Waals surface area (Å²) in [5.74, 6) is -1.18. The van der Waals surface area contributed by atoms with Gasteiger partial charge in [-0.05, 0) is 121 Å². The van der Waals surface area contributed by atoms with Gasteiger partial charge in [0.1, 0.15) is 11.5 Å². The molecule has 4 saturated heterocycles. The molecule has 59 heavy (non-hydrogen) atoms. The first-order chi connectivity index (χ1) is 28.6. The smallest absolute Gasteiger partial charge is 0.281 e. The fraction of sp³-hybridized carbons (Fsp3) is 0.500. The molecule has 5 fully saturated rings. The fourth-order valence-corrected chi connectivity index (χ4v) is 11.8. The molecular weight excluding hydrogens is 818 g/mol. The van der Waals surface area contributed by atoms with Gasteiger partial charge in [0.05, 0.1) is 22.0 Å². The van der Waals surface area contributed by atoms with Crippen molar-refractivity contribution in [3.8, 4) is 5.69 Å². The van der Waals surface area contributed by atoms with Crippen molar-refractivity contribution in [2.45, 2.75) is 88.4 Å². The maximum Gasteiger partial charge on any atom is 0.281 e. The van der Waals surface area contributed by atoms with Crippen LogP contribution >= 0.6 is 15.9 Å². The molecular formula is C46H49BrF2N6O4. The number of piperidine rings is 3. The zero-order valence-electron chi connectivity index (χ0n) is 33.2. The SMILES string of the molecule is O=C(C1CCN(c2cc(F)c(N3C(=O)CCCC3=O)c(F)c2)CC1)N1CC(CN2CCC(c3ccc4c(c3)-n3c(nc(=O)c5c(Br)cccc53)C43CCCCC3)CC2)C1. The lowest BCUT2D eigenvalue weighted by atomic mass is 9.69. The molecule has 1 aliphatic carbocycles. The Morgan fingerprint density at radius 2 is 1.53 bits per heavy atom. The first-order valence-corrected chi connectivity index (χ1v) is 22.4. The molecule has 13 heteroatoms. The summed E-state index contributed by atoms with van der Waals surface area (Å²) in [5, 5.41) is 0.637. The van der Waals surface area contributed by atoms with Crippen LogP contribution in [-0.4, -0.2) is 82.9 Å². The number of carbonyl (C=O) groups is 3. The highest BCUT2D eigenvalue weighted by Gasteiger charge is 2.47. The second kappa shape index (κ2) is 15.2. The second-order valence-corrected chi connectivity index (χ2v) is 18.7. The number of anilines is 2. The van der Waals surface area contributed by atoms with Gasteiger partial charge in [-0.1, -0.05) is 37.5 Å². The Bertz CT molecular complexity index is 2390. The Morgan fingerprint density at radius 1 is 0.831 bits per heavy atom. The van der Waals surface area contributed by atoms with E-state index in [0.717, 1.165) is 87.1 Å². The summed E-state index contributed by atoms with van der Waals surface area (Å²) < 4.78 is 33.4. The molecule has 5 aliphatic heterocycles. The average Bonchev–Trinajstić information content (AvgIpc) is 3.47. The number of carbonyl (C=O) groups excluding carboxylic acids is 3. The van der Waals surface area contributed by atoms with E-state index in [0.29, 0.717) is 60.2 Å². The van der Waals surface area contributed by atoms with Crippen molar-refractivity contribution >= 4 is 55.9 Å². The number of imide groups is 1. The largest absolute Gasteiger partial charge is 0.371 e. The molecule has 6 heterocycles. The van der Waals surface area contributed by atoms with E-state index < -0.39 is 29.1 Å². The molecule has 10 rings (SSSR count). The number of rotatable bonds is 6. The summed E-state index contributed by atoms with van der Waals surface area (Å²) in [6.07, 6.45) is 9.42. The molecule has 0 bridgehead atoms. The van der Waals surface area contributed by atoms with Crippen LogP contribution in [-0.2, 0) is 19.8 Å². The molecule has 1 saturated carbocycles. The summed E-state index contributed by atoms with van der Waals surface area (Å²) in [6.45, 7) is 5.52. The van der Waals surface area contributed by atoms with Gasteiger partial charge >= 0.3 is 0 Å². The van der Waals surface area contributed by atoms with E-state index in [1.807, 2.05) is 21.9 Å². The molecule has 0 unspecified atom stereocenters. The van der Waals surface area contributed by atoms with Gasteiger partial charge in [0.2, 0.25) is 17.7 Å². The Hall–Kier alpha value is -4.49. The van der Waals surface area contributed by atoms with Gasteiger partial charge in [0.25, 0.3) is 5.56 Å². The topological polar surface area (TPSA) is 99.1 Å². The highest BCUT2D eigenvalue weighted by atomic mass is 79.9. The molecule has 3 amide bonds. The number of hydrogen-bond acceptors (Lipinski definition) is 7. The minimum Gasteiger partial charge on any atom is -0.371 e. The molecule has 3 aromatic carbocycles. The van der Waals surface area contributed by atoms with Crippen LogP contribution in [0.25, 0.3) is 16.6 Å². The number of halogens is 3. The molecule has 1 spiro atoms. The number of amides is 3. The van der Waals surface area contributed by atoms with Crippen LogP contribution in [0.15, 0.2) is 57.8 Å². The predicted molar refractivity (Wildman–Crippen MR) is 225 cm³/mol. The van der Waals surface area contributed by atoms with Crippen LogP contribution in [0, 0.1) is 23.5 Å². The first kappa shape index (κ1) is 38.7. The Kier molecular flexibility index (Phi) is 9.97. The second-order valence-electron chi connectivity index (χ2n) is 17.8. The predicted octanol–water partition coefficient (Wildman–Crippen LogP) is 7.59. The fourth-order valence-electron chi connectivity index (χ4n) is 11.2. The van der Waals surface area contributed by atoms with Crippen molar-refractivity contribution in [1.29, 1.82) is 0 Å². The van der Waals surface area contributed by atoms with Crippen LogP contribution < -0.4 is 15.4 Å². The summed E-state index contributed by atoms with van der Waals surface area (Å²) in [7, 11) is 0. The molecule has 4 aromatic rings. The number of hydrogen-bond donors (Lipinski definition) is 0. The van der Waals surface area contributed by atoms with E-state index >= 15 is 8.78 Å². The number of aromatic nitrogens is 2. The van der Waals surface area contributed by atoms with Crippen LogP contribution in [0.1, 0.15) is 99.9 Å². The minimum absolute atomic E-state index is 0.0830. The highest BCUT2D eigenvalue weighted by molar-refractivity contribution is 9.10. The van der Waals surface area contributed by atoms with E-state index in [9.17, 15) is 19.2 Å². The highest BCUT2D eigenvalue weighted by Crippen LogP contribution is 2.52. The number of nitrogens with zero attached hydrogens (tertiary/aromatic N) is 6. The summed E-state index contributed by atoms with van der Waals surface area (Å²) in [5.41, 5.74) is 4.17. The van der Waals surface area contributed by atoms with E-state index in [1.165, 1.54) is 35.4 Å². The van der Waals surface area contributed by atoms with E-state index in [1.54, 1.807) is 0 Å². The molecule has 6 aliphatic rings. The maximum absolute atomic E-state index is 15.2. The van der Waals surface area contributed by atoms with E-state index in [4.69, 9.17) is 4.98 Å². The summed E-state index contributed by atoms with van der Waals surface area (Å²) in [6, 6.07) is 15.5. The number of benzene rings is 3. The van der Waals surface area contributed by atoms with Crippen molar-refractivity contribution < 1.29 is 23.2 Å². The Labute approximate surface area is 350 Å². The van der Waals surface area contributed by atoms with Crippen molar-refractivity contribution in [3.05, 3.63) is 91.9 Å². The maximum atomic E-state index is 15.2. The molecule has 0 atom stereocenters. The third-order valence-corrected chi connectivity index (χ3v) is 15.0. The van der Waals surface area contributed by atoms with Gasteiger partial charge in [-0.3, -0.25) is 23.7 Å². The Balaban J connectivity index is 0.736. The van der Waals surface area contributed by atoms with Crippen molar-refractivity contribution in [2.75, 3.05) is 55.6 Å². The molecule has 0 N–H and O–H groups in total. The molecule has 10 nitrogen and oxygen atoms in total. The standard InChI is InChI=1S/C46H49BrF2N6O4/c47-34-6-4-7-37-41(34)43(58)50-45-46(16-2-1-3-17-46)33-11-10-31(22-38(33)54(37)45)29-12-18-51(19-13-29)25-28-26-53(27-28)44(59)30-14-20-52(21-15-30)32-23-35(48)42(36(49)24-32)55-39(56)8-5-9-40(55)57/h4,6-7,10-11,22-24,28-30H,1-3,5,8-9,12-21,25-27H2. The monoisotopic (exact) mass is 866 g/mol. The average molecular weight is 868 g/mol. The van der Waals surface area contributed by atoms with E-state index in [2.05, 4.69) is 49.7 Å². The molecule has 0 radical (unpaired) electrons. The van der Waals surface area contributed by atoms with Crippen molar-refractivity contribution in [1.82, 2.24) is 19.4 Å². The van der Waals surface area contributed by atoms with Crippen LogP contribution in [0.4, 0.5) is 20.2 Å². The zero-order valence-corrected chi connectivity index (χ0v) is 34.8. The van der Waals surface area contributed by atoms with Gasteiger partial charge < -0.3 is 14.7 Å². The summed E-state index contributed by atoms with van der Waals surface area (Å²) >= 11 is 3.63. The van der Waals surface area contributed by atoms with Crippen molar-refractivity contribution in [2.24, 2.45) is 11.8 Å². The zero-order chi connectivity index (χ0) is 40.6. The summed E-state index contributed by atoms with van der Waals surface area (Å²) in [4.78, 5) is 63.4. The van der Waals surface area contributed by atoms with E-state index in [-0.39, 0.29) is 35.6 Å². The lowest BCUT2D eigenvalue weighted by molar-refractivity contribution is -0.143. The number of fused-ring (bicyclic) bond motifs is 7. The van der Waals surface area contributed by atoms with Gasteiger partial charge in [0.15, 0.2) is 11.6 Å². The van der Waals surface area contributed by atoms with Gasteiger partial charge in [-0.2, -0.15) is 4.98 Å². The normalized spacial score (nSPS) is 21.6. The van der Waals surface area contributed by atoms with Crippen LogP contribution in [0.2, 0.25) is 0 Å². The van der Waals surface area contributed by atoms with Gasteiger partial charge in [-0.15, -0.1) is 0 Å². The minimum atomic E-state index is -0.931. The third kappa shape index (κ3) is 6.61. The first-order valence-electron chi connectivity index (χ1n) is 21.6. The Morgan fingerprint density at radius 3 is 2.22 bits per heavy atom. The quantitative estimate of drug-likeness (QED) is 0.184. The van der Waals surface area contributed by atoms with Crippen molar-refractivity contribution in [3.63, 3.8) is 0 Å². The lowest BCUT2D eigenvalue weighted by Crippen LogP contribution is -2.56. The molecule has 308 valence electrons.